The first-order valence-electron chi connectivity index (χ1n) is 7.23. The van der Waals surface area contributed by atoms with Gasteiger partial charge in [-0.15, -0.1) is 0 Å². The van der Waals surface area contributed by atoms with Crippen LogP contribution in [-0.4, -0.2) is 7.05 Å². The molecule has 2 aromatic carbocycles. The van der Waals surface area contributed by atoms with Crippen molar-refractivity contribution in [3.8, 4) is 0 Å². The van der Waals surface area contributed by atoms with E-state index in [-0.39, 0.29) is 6.04 Å². The second-order valence-corrected chi connectivity index (χ2v) is 5.42. The molecule has 2 heteroatoms. The minimum atomic E-state index is 0.103. The Morgan fingerprint density at radius 1 is 1.05 bits per heavy atom. The Labute approximate surface area is 122 Å². The molecule has 2 N–H and O–H groups in total. The predicted octanol–water partition coefficient (Wildman–Crippen LogP) is 4.04. The van der Waals surface area contributed by atoms with Crippen molar-refractivity contribution in [2.75, 3.05) is 11.9 Å². The van der Waals surface area contributed by atoms with Crippen LogP contribution in [0.3, 0.4) is 0 Å². The summed E-state index contributed by atoms with van der Waals surface area (Å²) in [5, 5.41) is 0. The average molecular weight is 268 g/mol. The zero-order valence-corrected chi connectivity index (χ0v) is 12.6. The van der Waals surface area contributed by atoms with E-state index in [1.165, 1.54) is 22.4 Å². The average Bonchev–Trinajstić information content (AvgIpc) is 2.48. The summed E-state index contributed by atoms with van der Waals surface area (Å²) in [5.41, 5.74) is 11.3. The third-order valence-electron chi connectivity index (χ3n) is 3.73. The molecule has 0 aliphatic carbocycles. The van der Waals surface area contributed by atoms with E-state index in [1.54, 1.807) is 0 Å². The van der Waals surface area contributed by atoms with Crippen LogP contribution in [0.1, 0.15) is 36.1 Å². The van der Waals surface area contributed by atoms with E-state index in [1.807, 2.05) is 0 Å². The molecule has 0 heterocycles. The lowest BCUT2D eigenvalue weighted by molar-refractivity contribution is 0.694. The van der Waals surface area contributed by atoms with Gasteiger partial charge in [0, 0.05) is 25.3 Å². The van der Waals surface area contributed by atoms with Crippen molar-refractivity contribution in [1.82, 2.24) is 0 Å². The van der Waals surface area contributed by atoms with Gasteiger partial charge in [-0.05, 0) is 30.5 Å². The maximum absolute atomic E-state index is 6.22. The number of aryl methyl sites for hydroxylation is 1. The molecule has 2 nitrogen and oxygen atoms in total. The van der Waals surface area contributed by atoms with Gasteiger partial charge in [0.25, 0.3) is 0 Å². The number of hydrogen-bond donors (Lipinski definition) is 1. The lowest BCUT2D eigenvalue weighted by Crippen LogP contribution is -2.20. The first-order chi connectivity index (χ1) is 9.61. The molecule has 0 aliphatic rings. The summed E-state index contributed by atoms with van der Waals surface area (Å²) in [7, 11) is 2.13. The molecule has 0 saturated carbocycles. The predicted molar refractivity (Wildman–Crippen MR) is 86.9 cm³/mol. The molecular weight excluding hydrogens is 244 g/mol. The highest BCUT2D eigenvalue weighted by molar-refractivity contribution is 5.54. The molecule has 2 aromatic rings. The minimum absolute atomic E-state index is 0.103. The van der Waals surface area contributed by atoms with Gasteiger partial charge in [-0.2, -0.15) is 0 Å². The summed E-state index contributed by atoms with van der Waals surface area (Å²) >= 11 is 0. The lowest BCUT2D eigenvalue weighted by Gasteiger charge is -2.25. The van der Waals surface area contributed by atoms with Crippen LogP contribution in [0.15, 0.2) is 48.5 Å². The SMILES string of the molecule is CC[C@H](N)c1ccccc1N(C)Cc1ccc(C)cc1. The lowest BCUT2D eigenvalue weighted by atomic mass is 10.0. The number of para-hydroxylation sites is 1. The fourth-order valence-corrected chi connectivity index (χ4v) is 2.42. The normalized spacial score (nSPS) is 12.2. The van der Waals surface area contributed by atoms with Crippen molar-refractivity contribution in [1.29, 1.82) is 0 Å². The van der Waals surface area contributed by atoms with Gasteiger partial charge in [-0.25, -0.2) is 0 Å². The summed E-state index contributed by atoms with van der Waals surface area (Å²) in [6.07, 6.45) is 0.954. The number of nitrogens with two attached hydrogens (primary N) is 1. The summed E-state index contributed by atoms with van der Waals surface area (Å²) in [4.78, 5) is 2.27. The van der Waals surface area contributed by atoms with Gasteiger partial charge in [0.1, 0.15) is 0 Å². The number of hydrogen-bond acceptors (Lipinski definition) is 2. The Balaban J connectivity index is 2.20. The van der Waals surface area contributed by atoms with Crippen LogP contribution in [0.25, 0.3) is 0 Å². The molecule has 0 amide bonds. The minimum Gasteiger partial charge on any atom is -0.370 e. The van der Waals surface area contributed by atoms with Crippen LogP contribution in [0.2, 0.25) is 0 Å². The van der Waals surface area contributed by atoms with Crippen molar-refractivity contribution >= 4 is 5.69 Å². The first-order valence-corrected chi connectivity index (χ1v) is 7.23. The molecule has 0 unspecified atom stereocenters. The Morgan fingerprint density at radius 3 is 2.35 bits per heavy atom. The maximum atomic E-state index is 6.22. The highest BCUT2D eigenvalue weighted by Gasteiger charge is 2.12. The molecule has 0 fully saturated rings. The summed E-state index contributed by atoms with van der Waals surface area (Å²) in [6, 6.07) is 17.2. The molecule has 0 aliphatic heterocycles. The Bertz CT molecular complexity index is 546. The molecular formula is C18H24N2. The van der Waals surface area contributed by atoms with Gasteiger partial charge in [0.05, 0.1) is 0 Å². The fourth-order valence-electron chi connectivity index (χ4n) is 2.42. The number of nitrogens with zero attached hydrogens (tertiary/aromatic N) is 1. The van der Waals surface area contributed by atoms with Crippen LogP contribution < -0.4 is 10.6 Å². The van der Waals surface area contributed by atoms with Crippen LogP contribution in [-0.2, 0) is 6.54 Å². The largest absolute Gasteiger partial charge is 0.370 e. The molecule has 0 bridgehead atoms. The van der Waals surface area contributed by atoms with Crippen LogP contribution in [0.5, 0.6) is 0 Å². The van der Waals surface area contributed by atoms with E-state index in [2.05, 4.69) is 74.3 Å². The maximum Gasteiger partial charge on any atom is 0.0426 e. The number of rotatable bonds is 5. The van der Waals surface area contributed by atoms with Gasteiger partial charge in [-0.1, -0.05) is 55.0 Å². The van der Waals surface area contributed by atoms with E-state index in [4.69, 9.17) is 5.73 Å². The Hall–Kier alpha value is -1.80. The van der Waals surface area contributed by atoms with Crippen molar-refractivity contribution < 1.29 is 0 Å². The summed E-state index contributed by atoms with van der Waals surface area (Å²) in [5.74, 6) is 0. The quantitative estimate of drug-likeness (QED) is 0.886. The van der Waals surface area contributed by atoms with Crippen molar-refractivity contribution in [2.24, 2.45) is 5.73 Å². The van der Waals surface area contributed by atoms with E-state index in [0.29, 0.717) is 0 Å². The molecule has 0 saturated heterocycles. The zero-order valence-electron chi connectivity index (χ0n) is 12.6. The molecule has 0 spiro atoms. The highest BCUT2D eigenvalue weighted by Crippen LogP contribution is 2.27. The molecule has 1 atom stereocenters. The Kier molecular flexibility index (Phi) is 4.80. The van der Waals surface area contributed by atoms with E-state index in [9.17, 15) is 0 Å². The highest BCUT2D eigenvalue weighted by atomic mass is 15.1. The van der Waals surface area contributed by atoms with Gasteiger partial charge in [0.15, 0.2) is 0 Å². The molecule has 106 valence electrons. The Morgan fingerprint density at radius 2 is 1.70 bits per heavy atom. The third-order valence-corrected chi connectivity index (χ3v) is 3.73. The number of anilines is 1. The van der Waals surface area contributed by atoms with Crippen LogP contribution >= 0.6 is 0 Å². The topological polar surface area (TPSA) is 29.3 Å². The third kappa shape index (κ3) is 3.40. The van der Waals surface area contributed by atoms with Gasteiger partial charge in [-0.3, -0.25) is 0 Å². The van der Waals surface area contributed by atoms with E-state index >= 15 is 0 Å². The second-order valence-electron chi connectivity index (χ2n) is 5.42. The van der Waals surface area contributed by atoms with Crippen molar-refractivity contribution in [3.05, 3.63) is 65.2 Å². The fraction of sp³-hybridized carbons (Fsp3) is 0.333. The van der Waals surface area contributed by atoms with Crippen LogP contribution in [0.4, 0.5) is 5.69 Å². The van der Waals surface area contributed by atoms with Gasteiger partial charge < -0.3 is 10.6 Å². The standard InChI is InChI=1S/C18H24N2/c1-4-17(19)16-7-5-6-8-18(16)20(3)13-15-11-9-14(2)10-12-15/h5-12,17H,4,13,19H2,1-3H3/t17-/m0/s1. The van der Waals surface area contributed by atoms with E-state index in [0.717, 1.165) is 13.0 Å². The number of benzene rings is 2. The molecule has 20 heavy (non-hydrogen) atoms. The monoisotopic (exact) mass is 268 g/mol. The second kappa shape index (κ2) is 6.58. The summed E-state index contributed by atoms with van der Waals surface area (Å²) < 4.78 is 0. The smallest absolute Gasteiger partial charge is 0.0426 e. The van der Waals surface area contributed by atoms with Gasteiger partial charge in [0.2, 0.25) is 0 Å². The van der Waals surface area contributed by atoms with Crippen molar-refractivity contribution in [2.45, 2.75) is 32.9 Å². The van der Waals surface area contributed by atoms with E-state index < -0.39 is 0 Å². The first kappa shape index (κ1) is 14.6. The van der Waals surface area contributed by atoms with Crippen molar-refractivity contribution in [3.63, 3.8) is 0 Å². The zero-order chi connectivity index (χ0) is 14.5. The molecule has 2 rings (SSSR count). The summed E-state index contributed by atoms with van der Waals surface area (Å²) in [6.45, 7) is 5.14. The molecule has 0 aromatic heterocycles. The molecule has 0 radical (unpaired) electrons. The van der Waals surface area contributed by atoms with Crippen LogP contribution in [0, 0.1) is 6.92 Å². The van der Waals surface area contributed by atoms with Gasteiger partial charge >= 0.3 is 0 Å².